The molecule has 3 nitrogen and oxygen atoms in total. The zero-order chi connectivity index (χ0) is 16.1. The fraction of sp³-hybridized carbons (Fsp3) is 0.316. The van der Waals surface area contributed by atoms with E-state index in [9.17, 15) is 4.79 Å². The number of hydrogen-bond donors (Lipinski definition) is 0. The fourth-order valence-electron chi connectivity index (χ4n) is 2.85. The molecule has 1 saturated heterocycles. The summed E-state index contributed by atoms with van der Waals surface area (Å²) in [4.78, 5) is 14.5. The summed E-state index contributed by atoms with van der Waals surface area (Å²) in [5.74, 6) is 0.0472. The van der Waals surface area contributed by atoms with Crippen LogP contribution in [0, 0.1) is 0 Å². The van der Waals surface area contributed by atoms with Gasteiger partial charge < -0.3 is 4.74 Å². The maximum Gasteiger partial charge on any atom is 0.167 e. The summed E-state index contributed by atoms with van der Waals surface area (Å²) in [6.07, 6.45) is -0.0336. The number of nitrogens with zero attached hydrogens (tertiary/aromatic N) is 1. The highest BCUT2D eigenvalue weighted by Crippen LogP contribution is 2.24. The van der Waals surface area contributed by atoms with Gasteiger partial charge in [-0.2, -0.15) is 0 Å². The molecule has 0 spiro atoms. The van der Waals surface area contributed by atoms with Gasteiger partial charge in [0.05, 0.1) is 18.5 Å². The van der Waals surface area contributed by atoms with Crippen molar-refractivity contribution in [1.82, 2.24) is 4.90 Å². The van der Waals surface area contributed by atoms with Crippen molar-refractivity contribution in [3.63, 3.8) is 0 Å². The van der Waals surface area contributed by atoms with Gasteiger partial charge in [0.1, 0.15) is 6.10 Å². The van der Waals surface area contributed by atoms with Crippen LogP contribution < -0.4 is 0 Å². The number of epoxide rings is 1. The highest BCUT2D eigenvalue weighted by atomic mass is 35.5. The smallest absolute Gasteiger partial charge is 0.167 e. The van der Waals surface area contributed by atoms with Crippen LogP contribution in [0.5, 0.6) is 0 Å². The second-order valence-electron chi connectivity index (χ2n) is 5.79. The monoisotopic (exact) mass is 329 g/mol. The fourth-order valence-corrected chi connectivity index (χ4v) is 3.01. The summed E-state index contributed by atoms with van der Waals surface area (Å²) in [5, 5.41) is 0. The SMILES string of the molecule is O=C(CCl)[C@@H]([C@H]1CO1)N(Cc1ccccc1)Cc1ccccc1. The van der Waals surface area contributed by atoms with Gasteiger partial charge in [0.15, 0.2) is 5.78 Å². The highest BCUT2D eigenvalue weighted by Gasteiger charge is 2.41. The molecule has 1 aliphatic heterocycles. The van der Waals surface area contributed by atoms with E-state index < -0.39 is 0 Å². The zero-order valence-corrected chi connectivity index (χ0v) is 13.7. The molecule has 0 aromatic heterocycles. The Morgan fingerprint density at radius 2 is 1.52 bits per heavy atom. The summed E-state index contributed by atoms with van der Waals surface area (Å²) in [6.45, 7) is 2.03. The maximum atomic E-state index is 12.4. The lowest BCUT2D eigenvalue weighted by molar-refractivity contribution is -0.123. The van der Waals surface area contributed by atoms with Crippen LogP contribution >= 0.6 is 11.6 Å². The van der Waals surface area contributed by atoms with Crippen LogP contribution in [0.4, 0.5) is 0 Å². The van der Waals surface area contributed by atoms with Gasteiger partial charge in [0.2, 0.25) is 0 Å². The van der Waals surface area contributed by atoms with Crippen LogP contribution in [0.25, 0.3) is 0 Å². The number of benzene rings is 2. The van der Waals surface area contributed by atoms with Crippen LogP contribution in [0.15, 0.2) is 60.7 Å². The molecule has 2 aromatic rings. The van der Waals surface area contributed by atoms with Crippen molar-refractivity contribution >= 4 is 17.4 Å². The Balaban J connectivity index is 1.83. The molecular formula is C19H20ClNO2. The Morgan fingerprint density at radius 1 is 1.04 bits per heavy atom. The lowest BCUT2D eigenvalue weighted by atomic mass is 10.1. The van der Waals surface area contributed by atoms with Gasteiger partial charge in [-0.25, -0.2) is 0 Å². The van der Waals surface area contributed by atoms with Crippen LogP contribution in [0.1, 0.15) is 11.1 Å². The molecule has 1 heterocycles. The summed E-state index contributed by atoms with van der Waals surface area (Å²) < 4.78 is 5.43. The second kappa shape index (κ2) is 7.73. The first-order valence-corrected chi connectivity index (χ1v) is 8.33. The average Bonchev–Trinajstić information content (AvgIpc) is 3.41. The molecule has 2 aromatic carbocycles. The first-order valence-electron chi connectivity index (χ1n) is 7.80. The molecule has 0 radical (unpaired) electrons. The number of carbonyl (C=O) groups excluding carboxylic acids is 1. The summed E-state index contributed by atoms with van der Waals surface area (Å²) in [5.41, 5.74) is 2.35. The summed E-state index contributed by atoms with van der Waals surface area (Å²) >= 11 is 5.84. The quantitative estimate of drug-likeness (QED) is 0.550. The van der Waals surface area contributed by atoms with E-state index in [0.717, 1.165) is 0 Å². The van der Waals surface area contributed by atoms with Crippen molar-refractivity contribution in [3.05, 3.63) is 71.8 Å². The van der Waals surface area contributed by atoms with Crippen molar-refractivity contribution in [2.24, 2.45) is 0 Å². The average molecular weight is 330 g/mol. The van der Waals surface area contributed by atoms with Crippen LogP contribution in [0.3, 0.4) is 0 Å². The van der Waals surface area contributed by atoms with Gasteiger partial charge in [-0.05, 0) is 11.1 Å². The zero-order valence-electron chi connectivity index (χ0n) is 12.9. The standard InChI is InChI=1S/C19H20ClNO2/c20-11-17(22)19(18-14-23-18)21(12-15-7-3-1-4-8-15)13-16-9-5-2-6-10-16/h1-10,18-19H,11-14H2/t18-,19+/m1/s1. The Labute approximate surface area is 141 Å². The molecule has 120 valence electrons. The molecule has 0 N–H and O–H groups in total. The van der Waals surface area contributed by atoms with E-state index in [1.165, 1.54) is 11.1 Å². The second-order valence-corrected chi connectivity index (χ2v) is 6.06. The minimum absolute atomic E-state index is 0.0185. The molecule has 0 saturated carbocycles. The lowest BCUT2D eigenvalue weighted by Gasteiger charge is -2.29. The first kappa shape index (κ1) is 16.2. The van der Waals surface area contributed by atoms with Gasteiger partial charge in [0.25, 0.3) is 0 Å². The number of carbonyl (C=O) groups is 1. The molecular weight excluding hydrogens is 310 g/mol. The highest BCUT2D eigenvalue weighted by molar-refractivity contribution is 6.28. The van der Waals surface area contributed by atoms with E-state index in [2.05, 4.69) is 29.2 Å². The molecule has 0 unspecified atom stereocenters. The van der Waals surface area contributed by atoms with Crippen molar-refractivity contribution in [1.29, 1.82) is 0 Å². The Kier molecular flexibility index (Phi) is 5.44. The number of alkyl halides is 1. The number of ether oxygens (including phenoxy) is 1. The van der Waals surface area contributed by atoms with Crippen LogP contribution in [0.2, 0.25) is 0 Å². The minimum atomic E-state index is -0.284. The number of Topliss-reactive ketones (excluding diaryl/α,β-unsaturated/α-hetero) is 1. The Hall–Kier alpha value is -1.68. The third-order valence-corrected chi connectivity index (χ3v) is 4.29. The third kappa shape index (κ3) is 4.41. The first-order chi connectivity index (χ1) is 11.3. The molecule has 0 aliphatic carbocycles. The topological polar surface area (TPSA) is 32.8 Å². The van der Waals surface area contributed by atoms with Crippen LogP contribution in [-0.4, -0.2) is 35.3 Å². The molecule has 4 heteroatoms. The van der Waals surface area contributed by atoms with E-state index in [0.29, 0.717) is 19.7 Å². The molecule has 0 bridgehead atoms. The Bertz CT molecular complexity index is 587. The van der Waals surface area contributed by atoms with Crippen molar-refractivity contribution in [2.45, 2.75) is 25.2 Å². The van der Waals surface area contributed by atoms with Gasteiger partial charge in [-0.1, -0.05) is 60.7 Å². The molecule has 1 aliphatic rings. The Morgan fingerprint density at radius 3 is 1.91 bits per heavy atom. The van der Waals surface area contributed by atoms with E-state index in [1.54, 1.807) is 0 Å². The van der Waals surface area contributed by atoms with Crippen molar-refractivity contribution < 1.29 is 9.53 Å². The van der Waals surface area contributed by atoms with E-state index in [4.69, 9.17) is 16.3 Å². The van der Waals surface area contributed by atoms with Crippen molar-refractivity contribution in [2.75, 3.05) is 12.5 Å². The molecule has 2 atom stereocenters. The number of hydrogen-bond acceptors (Lipinski definition) is 3. The molecule has 0 amide bonds. The molecule has 1 fully saturated rings. The van der Waals surface area contributed by atoms with Gasteiger partial charge in [0, 0.05) is 13.1 Å². The summed E-state index contributed by atoms with van der Waals surface area (Å²) in [6, 6.07) is 20.1. The third-order valence-electron chi connectivity index (χ3n) is 4.02. The molecule has 3 rings (SSSR count). The van der Waals surface area contributed by atoms with E-state index in [1.807, 2.05) is 36.4 Å². The van der Waals surface area contributed by atoms with Crippen molar-refractivity contribution in [3.8, 4) is 0 Å². The predicted molar refractivity (Wildman–Crippen MR) is 91.4 cm³/mol. The lowest BCUT2D eigenvalue weighted by Crippen LogP contribution is -2.45. The van der Waals surface area contributed by atoms with E-state index >= 15 is 0 Å². The van der Waals surface area contributed by atoms with E-state index in [-0.39, 0.29) is 23.8 Å². The molecule has 23 heavy (non-hydrogen) atoms. The number of rotatable bonds is 8. The minimum Gasteiger partial charge on any atom is -0.371 e. The largest absolute Gasteiger partial charge is 0.371 e. The van der Waals surface area contributed by atoms with Crippen LogP contribution in [-0.2, 0) is 22.6 Å². The maximum absolute atomic E-state index is 12.4. The normalized spacial score (nSPS) is 17.9. The van der Waals surface area contributed by atoms with Gasteiger partial charge >= 0.3 is 0 Å². The number of halogens is 1. The number of ketones is 1. The van der Waals surface area contributed by atoms with Gasteiger partial charge in [-0.3, -0.25) is 9.69 Å². The summed E-state index contributed by atoms with van der Waals surface area (Å²) in [7, 11) is 0. The predicted octanol–water partition coefficient (Wildman–Crippen LogP) is 3.26. The van der Waals surface area contributed by atoms with Gasteiger partial charge in [-0.15, -0.1) is 11.6 Å².